The van der Waals surface area contributed by atoms with Crippen molar-refractivity contribution in [1.29, 1.82) is 0 Å². The van der Waals surface area contributed by atoms with E-state index in [1.54, 1.807) is 0 Å². The maximum Gasteiger partial charge on any atom is 0.143 e. The highest BCUT2D eigenvalue weighted by Crippen LogP contribution is 2.46. The minimum atomic E-state index is 0.849. The zero-order valence-corrected chi connectivity index (χ0v) is 32.9. The quantitative estimate of drug-likeness (QED) is 0.153. The van der Waals surface area contributed by atoms with Crippen molar-refractivity contribution in [3.05, 3.63) is 237 Å². The summed E-state index contributed by atoms with van der Waals surface area (Å²) >= 11 is 0. The SMILES string of the molecule is c1ccc(-c2ccc(-c3ccc(N(c4ccc(-c5ccccc5)cc4)c4cc5oc6c7ccccc7ccc6c5cc4-c4ccc(-c5ccccc5)cc4)cc3)cc2)cc1. The molecule has 1 aromatic heterocycles. The molecule has 0 bridgehead atoms. The third-order valence-electron chi connectivity index (χ3n) is 11.7. The lowest BCUT2D eigenvalue weighted by Gasteiger charge is -2.28. The summed E-state index contributed by atoms with van der Waals surface area (Å²) in [5.41, 5.74) is 16.6. The van der Waals surface area contributed by atoms with E-state index in [9.17, 15) is 0 Å². The third-order valence-corrected chi connectivity index (χ3v) is 11.7. The van der Waals surface area contributed by atoms with E-state index in [-0.39, 0.29) is 0 Å². The summed E-state index contributed by atoms with van der Waals surface area (Å²) in [5.74, 6) is 0. The summed E-state index contributed by atoms with van der Waals surface area (Å²) in [5, 5.41) is 4.48. The zero-order chi connectivity index (χ0) is 39.8. The molecule has 10 aromatic carbocycles. The van der Waals surface area contributed by atoms with Crippen LogP contribution in [0.1, 0.15) is 0 Å². The molecule has 0 spiro atoms. The number of nitrogens with zero attached hydrogens (tertiary/aromatic N) is 1. The average molecular weight is 766 g/mol. The highest BCUT2D eigenvalue weighted by atomic mass is 16.3. The summed E-state index contributed by atoms with van der Waals surface area (Å²) in [4.78, 5) is 2.38. The van der Waals surface area contributed by atoms with Crippen molar-refractivity contribution in [2.75, 3.05) is 4.90 Å². The number of anilines is 3. The molecule has 0 atom stereocenters. The largest absolute Gasteiger partial charge is 0.455 e. The van der Waals surface area contributed by atoms with Gasteiger partial charge in [-0.25, -0.2) is 0 Å². The summed E-state index contributed by atoms with van der Waals surface area (Å²) in [7, 11) is 0. The molecule has 0 fully saturated rings. The van der Waals surface area contributed by atoms with Crippen molar-refractivity contribution in [1.82, 2.24) is 0 Å². The summed E-state index contributed by atoms with van der Waals surface area (Å²) in [6, 6.07) is 84.8. The molecule has 2 heteroatoms. The molecule has 0 aliphatic rings. The highest BCUT2D eigenvalue weighted by molar-refractivity contribution is 6.16. The van der Waals surface area contributed by atoms with Crippen molar-refractivity contribution >= 4 is 49.8 Å². The van der Waals surface area contributed by atoms with Gasteiger partial charge in [0.25, 0.3) is 0 Å². The van der Waals surface area contributed by atoms with Crippen LogP contribution in [0.25, 0.3) is 88.3 Å². The van der Waals surface area contributed by atoms with Crippen molar-refractivity contribution in [3.8, 4) is 55.6 Å². The standard InChI is InChI=1S/C58H39NO/c1-4-12-40(13-5-1)43-20-22-45(23-21-43)47-30-35-51(36-31-47)59(50-33-28-46(29-34-50)42-16-8-3-9-17-42)56-39-57-55(53-37-32-48-18-10-11-19-52(48)58(53)60-57)38-54(56)49-26-24-44(25-27-49)41-14-6-2-7-15-41/h1-39H. The van der Waals surface area contributed by atoms with E-state index in [0.29, 0.717) is 0 Å². The van der Waals surface area contributed by atoms with Gasteiger partial charge < -0.3 is 9.32 Å². The first kappa shape index (κ1) is 35.2. The fourth-order valence-corrected chi connectivity index (χ4v) is 8.58. The van der Waals surface area contributed by atoms with Crippen LogP contribution in [-0.4, -0.2) is 0 Å². The molecule has 0 radical (unpaired) electrons. The predicted octanol–water partition coefficient (Wildman–Crippen LogP) is 16.5. The van der Waals surface area contributed by atoms with Gasteiger partial charge in [0.15, 0.2) is 0 Å². The predicted molar refractivity (Wildman–Crippen MR) is 253 cm³/mol. The van der Waals surface area contributed by atoms with E-state index in [2.05, 4.69) is 241 Å². The van der Waals surface area contributed by atoms with Crippen LogP contribution in [-0.2, 0) is 0 Å². The molecule has 1 heterocycles. The fraction of sp³-hybridized carbons (Fsp3) is 0. The molecule has 11 rings (SSSR count). The van der Waals surface area contributed by atoms with Crippen LogP contribution in [0.5, 0.6) is 0 Å². The molecule has 11 aromatic rings. The smallest absolute Gasteiger partial charge is 0.143 e. The van der Waals surface area contributed by atoms with Crippen LogP contribution in [0, 0.1) is 0 Å². The Labute approximate surface area is 349 Å². The van der Waals surface area contributed by atoms with Gasteiger partial charge in [-0.2, -0.15) is 0 Å². The van der Waals surface area contributed by atoms with Crippen molar-refractivity contribution < 1.29 is 4.42 Å². The fourth-order valence-electron chi connectivity index (χ4n) is 8.58. The number of fused-ring (bicyclic) bond motifs is 5. The minimum Gasteiger partial charge on any atom is -0.455 e. The molecule has 0 aliphatic heterocycles. The van der Waals surface area contributed by atoms with Crippen molar-refractivity contribution in [2.45, 2.75) is 0 Å². The Morgan fingerprint density at radius 3 is 1.17 bits per heavy atom. The number of hydrogen-bond donors (Lipinski definition) is 0. The van der Waals surface area contributed by atoms with Gasteiger partial charge in [-0.15, -0.1) is 0 Å². The maximum atomic E-state index is 6.86. The normalized spacial score (nSPS) is 11.3. The average Bonchev–Trinajstić information content (AvgIpc) is 3.71. The van der Waals surface area contributed by atoms with Crippen LogP contribution in [0.2, 0.25) is 0 Å². The minimum absolute atomic E-state index is 0.849. The molecule has 0 saturated heterocycles. The van der Waals surface area contributed by atoms with Gasteiger partial charge in [0.1, 0.15) is 11.2 Å². The van der Waals surface area contributed by atoms with E-state index < -0.39 is 0 Å². The first-order chi connectivity index (χ1) is 29.7. The van der Waals surface area contributed by atoms with Gasteiger partial charge in [0, 0.05) is 39.2 Å². The van der Waals surface area contributed by atoms with Gasteiger partial charge in [-0.1, -0.05) is 194 Å². The monoisotopic (exact) mass is 765 g/mol. The van der Waals surface area contributed by atoms with Gasteiger partial charge in [-0.3, -0.25) is 0 Å². The second-order valence-corrected chi connectivity index (χ2v) is 15.3. The van der Waals surface area contributed by atoms with Crippen LogP contribution in [0.3, 0.4) is 0 Å². The Morgan fingerprint density at radius 2 is 0.683 bits per heavy atom. The lowest BCUT2D eigenvalue weighted by atomic mass is 9.96. The Morgan fingerprint density at radius 1 is 0.283 bits per heavy atom. The number of benzene rings is 10. The molecular weight excluding hydrogens is 727 g/mol. The zero-order valence-electron chi connectivity index (χ0n) is 32.9. The third kappa shape index (κ3) is 6.51. The van der Waals surface area contributed by atoms with Gasteiger partial charge in [0.05, 0.1) is 5.69 Å². The summed E-state index contributed by atoms with van der Waals surface area (Å²) in [6.07, 6.45) is 0. The highest BCUT2D eigenvalue weighted by Gasteiger charge is 2.22. The van der Waals surface area contributed by atoms with Gasteiger partial charge in [0.2, 0.25) is 0 Å². The van der Waals surface area contributed by atoms with Crippen LogP contribution < -0.4 is 4.90 Å². The van der Waals surface area contributed by atoms with E-state index in [1.165, 1.54) is 38.9 Å². The van der Waals surface area contributed by atoms with Crippen LogP contribution >= 0.6 is 0 Å². The molecule has 0 aliphatic carbocycles. The van der Waals surface area contributed by atoms with E-state index >= 15 is 0 Å². The maximum absolute atomic E-state index is 6.86. The van der Waals surface area contributed by atoms with E-state index in [1.807, 2.05) is 0 Å². The lowest BCUT2D eigenvalue weighted by Crippen LogP contribution is -2.11. The molecule has 0 saturated carbocycles. The Balaban J connectivity index is 1.09. The van der Waals surface area contributed by atoms with Crippen LogP contribution in [0.15, 0.2) is 241 Å². The van der Waals surface area contributed by atoms with E-state index in [0.717, 1.165) is 66.5 Å². The second kappa shape index (κ2) is 15.1. The molecule has 0 unspecified atom stereocenters. The topological polar surface area (TPSA) is 16.4 Å². The van der Waals surface area contributed by atoms with Crippen molar-refractivity contribution in [2.24, 2.45) is 0 Å². The second-order valence-electron chi connectivity index (χ2n) is 15.3. The Hall–Kier alpha value is -7.94. The van der Waals surface area contributed by atoms with E-state index in [4.69, 9.17) is 4.42 Å². The summed E-state index contributed by atoms with van der Waals surface area (Å²) < 4.78 is 6.86. The van der Waals surface area contributed by atoms with Crippen molar-refractivity contribution in [3.63, 3.8) is 0 Å². The molecule has 282 valence electrons. The number of rotatable bonds is 8. The molecule has 0 amide bonds. The first-order valence-electron chi connectivity index (χ1n) is 20.5. The van der Waals surface area contributed by atoms with Gasteiger partial charge >= 0.3 is 0 Å². The number of furan rings is 1. The Bertz CT molecular complexity index is 3240. The molecule has 60 heavy (non-hydrogen) atoms. The summed E-state index contributed by atoms with van der Waals surface area (Å²) in [6.45, 7) is 0. The molecule has 2 nitrogen and oxygen atoms in total. The molecular formula is C58H39NO. The molecule has 0 N–H and O–H groups in total. The Kier molecular flexibility index (Phi) is 8.87. The first-order valence-corrected chi connectivity index (χ1v) is 20.5. The lowest BCUT2D eigenvalue weighted by molar-refractivity contribution is 0.673. The number of hydrogen-bond acceptors (Lipinski definition) is 2. The van der Waals surface area contributed by atoms with Crippen LogP contribution in [0.4, 0.5) is 17.1 Å². The van der Waals surface area contributed by atoms with Gasteiger partial charge in [-0.05, 0) is 91.9 Å².